The number of carbonyl (C=O) groups is 1. The highest BCUT2D eigenvalue weighted by Gasteiger charge is 2.44. The maximum Gasteiger partial charge on any atom is 0.254 e. The summed E-state index contributed by atoms with van der Waals surface area (Å²) in [4.78, 5) is 28.3. The van der Waals surface area contributed by atoms with Gasteiger partial charge in [0.15, 0.2) is 5.82 Å². The number of aromatic nitrogens is 3. The van der Waals surface area contributed by atoms with E-state index >= 15 is 0 Å². The molecule has 1 amide bonds. The number of pyridine rings is 1. The lowest BCUT2D eigenvalue weighted by Gasteiger charge is -2.49. The smallest absolute Gasteiger partial charge is 0.254 e. The highest BCUT2D eigenvalue weighted by atomic mass is 19.1. The quantitative estimate of drug-likeness (QED) is 0.639. The molecule has 158 valence electrons. The lowest BCUT2D eigenvalue weighted by atomic mass is 9.77. The Hall–Kier alpha value is -3.35. The zero-order chi connectivity index (χ0) is 21.4. The van der Waals surface area contributed by atoms with E-state index in [2.05, 4.69) is 15.0 Å². The fourth-order valence-corrected chi connectivity index (χ4v) is 4.65. The van der Waals surface area contributed by atoms with Crippen molar-refractivity contribution in [2.24, 2.45) is 5.92 Å². The fourth-order valence-electron chi connectivity index (χ4n) is 4.65. The van der Waals surface area contributed by atoms with Crippen LogP contribution in [0.25, 0.3) is 11.4 Å². The Bertz CT molecular complexity index is 1090. The summed E-state index contributed by atoms with van der Waals surface area (Å²) in [5.41, 5.74) is 1.89. The predicted octanol–water partition coefficient (Wildman–Crippen LogP) is 4.06. The fraction of sp³-hybridized carbons (Fsp3) is 0.333. The largest absolute Gasteiger partial charge is 0.472 e. The molecule has 3 atom stereocenters. The monoisotopic (exact) mass is 418 g/mol. The number of rotatable bonds is 4. The van der Waals surface area contributed by atoms with E-state index < -0.39 is 5.82 Å². The van der Waals surface area contributed by atoms with Gasteiger partial charge in [0.25, 0.3) is 5.91 Å². The molecular formula is C24H23FN4O2. The zero-order valence-electron chi connectivity index (χ0n) is 17.2. The molecule has 7 heteroatoms. The van der Waals surface area contributed by atoms with Crippen LogP contribution in [0.5, 0.6) is 5.88 Å². The van der Waals surface area contributed by atoms with E-state index in [1.807, 2.05) is 24.0 Å². The first kappa shape index (κ1) is 19.6. The van der Waals surface area contributed by atoms with Crippen molar-refractivity contribution >= 4 is 5.91 Å². The number of carbonyl (C=O) groups excluding carboxylic acids is 1. The summed E-state index contributed by atoms with van der Waals surface area (Å²) in [6.07, 6.45) is 7.71. The highest BCUT2D eigenvalue weighted by Crippen LogP contribution is 2.38. The van der Waals surface area contributed by atoms with Gasteiger partial charge in [0, 0.05) is 36.8 Å². The molecule has 31 heavy (non-hydrogen) atoms. The third-order valence-corrected chi connectivity index (χ3v) is 6.16. The van der Waals surface area contributed by atoms with Crippen molar-refractivity contribution < 1.29 is 13.9 Å². The van der Waals surface area contributed by atoms with Crippen molar-refractivity contribution in [2.45, 2.75) is 38.3 Å². The number of ether oxygens (including phenoxy) is 1. The number of benzene rings is 1. The topological polar surface area (TPSA) is 68.2 Å². The third-order valence-electron chi connectivity index (χ3n) is 6.16. The van der Waals surface area contributed by atoms with Crippen molar-refractivity contribution in [3.05, 3.63) is 71.9 Å². The van der Waals surface area contributed by atoms with Gasteiger partial charge < -0.3 is 9.64 Å². The maximum absolute atomic E-state index is 14.0. The van der Waals surface area contributed by atoms with Crippen LogP contribution in [0.3, 0.4) is 0 Å². The first-order chi connectivity index (χ1) is 15.1. The minimum Gasteiger partial charge on any atom is -0.472 e. The van der Waals surface area contributed by atoms with Crippen LogP contribution in [0.2, 0.25) is 0 Å². The number of nitrogens with zero attached hydrogens (tertiary/aromatic N) is 4. The Morgan fingerprint density at radius 1 is 1.13 bits per heavy atom. The van der Waals surface area contributed by atoms with Gasteiger partial charge in [-0.05, 0) is 61.9 Å². The molecule has 0 spiro atoms. The lowest BCUT2D eigenvalue weighted by molar-refractivity contribution is -0.0313. The Morgan fingerprint density at radius 2 is 1.97 bits per heavy atom. The summed E-state index contributed by atoms with van der Waals surface area (Å²) in [6, 6.07) is 9.65. The van der Waals surface area contributed by atoms with Crippen LogP contribution in [-0.4, -0.2) is 44.4 Å². The molecule has 1 aromatic carbocycles. The van der Waals surface area contributed by atoms with Gasteiger partial charge in [0.2, 0.25) is 5.88 Å². The van der Waals surface area contributed by atoms with Crippen LogP contribution in [0, 0.1) is 18.7 Å². The van der Waals surface area contributed by atoms with E-state index in [0.717, 1.165) is 24.8 Å². The standard InChI is InChI=1S/C24H23FN4O2/c1-15-3-8-22(28-13-15)31-21-11-16-4-7-20(21)29(14-16)24(30)18-6-5-17(25)12-19(18)23-26-9-2-10-27-23/h2-3,5-6,8-10,12-13,16,20-21H,4,7,11,14H2,1H3/t16-,20+,21-/m1/s1. The molecule has 2 aromatic heterocycles. The Morgan fingerprint density at radius 3 is 2.71 bits per heavy atom. The van der Waals surface area contributed by atoms with E-state index in [1.165, 1.54) is 18.2 Å². The number of piperidine rings is 2. The second-order valence-corrected chi connectivity index (χ2v) is 8.30. The molecule has 2 aliphatic heterocycles. The van der Waals surface area contributed by atoms with Crippen LogP contribution < -0.4 is 4.74 Å². The molecule has 3 aromatic rings. The molecule has 4 heterocycles. The molecule has 0 N–H and O–H groups in total. The van der Waals surface area contributed by atoms with Crippen LogP contribution in [0.4, 0.5) is 4.39 Å². The molecule has 1 aliphatic carbocycles. The summed E-state index contributed by atoms with van der Waals surface area (Å²) in [7, 11) is 0. The molecule has 6 nitrogen and oxygen atoms in total. The SMILES string of the molecule is Cc1ccc(O[C@@H]2C[C@H]3CC[C@@H]2N(C(=O)c2ccc(F)cc2-c2ncccn2)C3)nc1. The molecule has 3 fully saturated rings. The van der Waals surface area contributed by atoms with E-state index in [-0.39, 0.29) is 18.1 Å². The number of hydrogen-bond acceptors (Lipinski definition) is 5. The molecule has 6 rings (SSSR count). The van der Waals surface area contributed by atoms with Gasteiger partial charge in [-0.25, -0.2) is 19.3 Å². The predicted molar refractivity (Wildman–Crippen MR) is 113 cm³/mol. The summed E-state index contributed by atoms with van der Waals surface area (Å²) >= 11 is 0. The van der Waals surface area contributed by atoms with Gasteiger partial charge in [0.1, 0.15) is 11.9 Å². The van der Waals surface area contributed by atoms with E-state index in [4.69, 9.17) is 4.74 Å². The molecular weight excluding hydrogens is 395 g/mol. The summed E-state index contributed by atoms with van der Waals surface area (Å²) in [5.74, 6) is 0.731. The minimum absolute atomic E-state index is 0.0461. The summed E-state index contributed by atoms with van der Waals surface area (Å²) < 4.78 is 20.2. The lowest BCUT2D eigenvalue weighted by Crippen LogP contribution is -2.59. The Labute approximate surface area is 180 Å². The van der Waals surface area contributed by atoms with Crippen LogP contribution in [0.15, 0.2) is 55.0 Å². The van der Waals surface area contributed by atoms with Crippen LogP contribution in [-0.2, 0) is 0 Å². The van der Waals surface area contributed by atoms with E-state index in [1.54, 1.807) is 24.7 Å². The molecule has 2 saturated heterocycles. The van der Waals surface area contributed by atoms with Crippen molar-refractivity contribution in [3.8, 4) is 17.3 Å². The zero-order valence-corrected chi connectivity index (χ0v) is 17.2. The van der Waals surface area contributed by atoms with Gasteiger partial charge >= 0.3 is 0 Å². The van der Waals surface area contributed by atoms with Gasteiger partial charge in [0.05, 0.1) is 11.6 Å². The maximum atomic E-state index is 14.0. The number of fused-ring (bicyclic) bond motifs is 3. The van der Waals surface area contributed by atoms with E-state index in [0.29, 0.717) is 35.3 Å². The van der Waals surface area contributed by atoms with Gasteiger partial charge in [-0.3, -0.25) is 4.79 Å². The molecule has 2 bridgehead atoms. The molecule has 0 radical (unpaired) electrons. The van der Waals surface area contributed by atoms with Gasteiger partial charge in [-0.1, -0.05) is 6.07 Å². The summed E-state index contributed by atoms with van der Waals surface area (Å²) in [6.45, 7) is 2.66. The normalized spacial score (nSPS) is 22.4. The van der Waals surface area contributed by atoms with Crippen molar-refractivity contribution in [1.82, 2.24) is 19.9 Å². The second kappa shape index (κ2) is 8.06. The Balaban J connectivity index is 1.44. The average Bonchev–Trinajstić information content (AvgIpc) is 2.81. The third kappa shape index (κ3) is 3.87. The van der Waals surface area contributed by atoms with Crippen molar-refractivity contribution in [1.29, 1.82) is 0 Å². The number of hydrogen-bond donors (Lipinski definition) is 0. The molecule has 0 unspecified atom stereocenters. The van der Waals surface area contributed by atoms with E-state index in [9.17, 15) is 9.18 Å². The molecule has 3 aliphatic rings. The van der Waals surface area contributed by atoms with Crippen LogP contribution in [0.1, 0.15) is 35.2 Å². The van der Waals surface area contributed by atoms with Gasteiger partial charge in [-0.2, -0.15) is 0 Å². The number of halogens is 1. The minimum atomic E-state index is -0.425. The van der Waals surface area contributed by atoms with Crippen molar-refractivity contribution in [3.63, 3.8) is 0 Å². The van der Waals surface area contributed by atoms with Gasteiger partial charge in [-0.15, -0.1) is 0 Å². The highest BCUT2D eigenvalue weighted by molar-refractivity contribution is 6.00. The first-order valence-corrected chi connectivity index (χ1v) is 10.6. The number of aryl methyl sites for hydroxylation is 1. The number of amides is 1. The second-order valence-electron chi connectivity index (χ2n) is 8.30. The average molecular weight is 418 g/mol. The first-order valence-electron chi connectivity index (χ1n) is 10.6. The van der Waals surface area contributed by atoms with Crippen molar-refractivity contribution in [2.75, 3.05) is 6.54 Å². The summed E-state index contributed by atoms with van der Waals surface area (Å²) in [5, 5.41) is 0. The molecule has 1 saturated carbocycles. The van der Waals surface area contributed by atoms with Crippen LogP contribution >= 0.6 is 0 Å². The Kier molecular flexibility index (Phi) is 5.10.